The Labute approximate surface area is 140 Å². The van der Waals surface area contributed by atoms with E-state index in [1.54, 1.807) is 9.80 Å². The van der Waals surface area contributed by atoms with Gasteiger partial charge in [0, 0.05) is 23.5 Å². The van der Waals surface area contributed by atoms with Crippen molar-refractivity contribution in [2.24, 2.45) is 0 Å². The van der Waals surface area contributed by atoms with Crippen molar-refractivity contribution < 1.29 is 9.59 Å². The van der Waals surface area contributed by atoms with E-state index in [0.717, 1.165) is 22.5 Å². The lowest BCUT2D eigenvalue weighted by molar-refractivity contribution is -0.113. The van der Waals surface area contributed by atoms with Crippen molar-refractivity contribution in [2.75, 3.05) is 9.80 Å². The predicted molar refractivity (Wildman–Crippen MR) is 93.5 cm³/mol. The molecule has 0 radical (unpaired) electrons. The molecule has 118 valence electrons. The summed E-state index contributed by atoms with van der Waals surface area (Å²) in [4.78, 5) is 28.1. The molecule has 2 aliphatic rings. The summed E-state index contributed by atoms with van der Waals surface area (Å²) in [7, 11) is 0. The summed E-state index contributed by atoms with van der Waals surface area (Å²) >= 11 is 0. The lowest BCUT2D eigenvalue weighted by Gasteiger charge is -2.20. The number of benzene rings is 2. The van der Waals surface area contributed by atoms with Crippen molar-refractivity contribution in [2.45, 2.75) is 13.8 Å². The first-order valence-electron chi connectivity index (χ1n) is 7.80. The van der Waals surface area contributed by atoms with Crippen LogP contribution < -0.4 is 9.80 Å². The fourth-order valence-corrected chi connectivity index (χ4v) is 3.03. The molecular weight excluding hydrogens is 300 g/mol. The molecule has 4 rings (SSSR count). The molecule has 0 aromatic heterocycles. The Bertz CT molecular complexity index is 828. The van der Waals surface area contributed by atoms with Crippen LogP contribution >= 0.6 is 0 Å². The van der Waals surface area contributed by atoms with Crippen LogP contribution in [0.5, 0.6) is 0 Å². The third-order valence-corrected chi connectivity index (χ3v) is 4.29. The molecule has 4 nitrogen and oxygen atoms in total. The summed E-state index contributed by atoms with van der Waals surface area (Å²) in [6.07, 6.45) is 3.05. The van der Waals surface area contributed by atoms with Crippen LogP contribution in [0.2, 0.25) is 0 Å². The fourth-order valence-electron chi connectivity index (χ4n) is 3.03. The maximum Gasteiger partial charge on any atom is 0.257 e. The normalized spacial score (nSPS) is 16.4. The van der Waals surface area contributed by atoms with Gasteiger partial charge in [0.15, 0.2) is 0 Å². The van der Waals surface area contributed by atoms with Crippen LogP contribution in [0.25, 0.3) is 0 Å². The first-order chi connectivity index (χ1) is 11.5. The fraction of sp³-hybridized carbons (Fsp3) is 0.100. The molecule has 0 N–H and O–H groups in total. The molecule has 0 atom stereocenters. The zero-order valence-corrected chi connectivity index (χ0v) is 13.5. The summed E-state index contributed by atoms with van der Waals surface area (Å²) in [5.74, 6) is -0.269. The van der Waals surface area contributed by atoms with Gasteiger partial charge in [-0.05, 0) is 38.1 Å². The van der Waals surface area contributed by atoms with Crippen molar-refractivity contribution in [1.82, 2.24) is 0 Å². The maximum atomic E-state index is 12.5. The SMILES string of the molecule is Cc1ccc(N2C(=O)C=C3C2=CC(=O)N3c2ccc(C)cc2)cc1. The summed E-state index contributed by atoms with van der Waals surface area (Å²) < 4.78 is 0. The number of aryl methyl sites for hydroxylation is 2. The number of anilines is 2. The minimum atomic E-state index is -0.135. The first-order valence-corrected chi connectivity index (χ1v) is 7.80. The van der Waals surface area contributed by atoms with Crippen molar-refractivity contribution in [1.29, 1.82) is 0 Å². The van der Waals surface area contributed by atoms with Gasteiger partial charge in [-0.2, -0.15) is 0 Å². The van der Waals surface area contributed by atoms with Crippen molar-refractivity contribution in [3.05, 3.63) is 83.2 Å². The molecule has 2 aromatic carbocycles. The van der Waals surface area contributed by atoms with E-state index in [1.165, 1.54) is 12.2 Å². The molecule has 0 bridgehead atoms. The molecule has 0 spiro atoms. The Morgan fingerprint density at radius 1 is 0.583 bits per heavy atom. The van der Waals surface area contributed by atoms with Gasteiger partial charge in [0.1, 0.15) is 0 Å². The monoisotopic (exact) mass is 316 g/mol. The van der Waals surface area contributed by atoms with Crippen LogP contribution in [-0.2, 0) is 9.59 Å². The largest absolute Gasteiger partial charge is 0.275 e. The quantitative estimate of drug-likeness (QED) is 0.851. The number of fused-ring (bicyclic) bond motifs is 1. The van der Waals surface area contributed by atoms with Gasteiger partial charge in [-0.3, -0.25) is 19.4 Å². The van der Waals surface area contributed by atoms with Gasteiger partial charge in [-0.25, -0.2) is 0 Å². The van der Waals surface area contributed by atoms with E-state index < -0.39 is 0 Å². The molecule has 0 fully saturated rings. The zero-order valence-electron chi connectivity index (χ0n) is 13.5. The van der Waals surface area contributed by atoms with Gasteiger partial charge in [0.25, 0.3) is 11.8 Å². The van der Waals surface area contributed by atoms with Crippen LogP contribution in [0.1, 0.15) is 11.1 Å². The molecule has 0 unspecified atom stereocenters. The Morgan fingerprint density at radius 3 is 1.25 bits per heavy atom. The van der Waals surface area contributed by atoms with Gasteiger partial charge in [-0.15, -0.1) is 0 Å². The summed E-state index contributed by atoms with van der Waals surface area (Å²) in [6.45, 7) is 3.99. The number of hydrogen-bond acceptors (Lipinski definition) is 2. The lowest BCUT2D eigenvalue weighted by atomic mass is 10.2. The zero-order chi connectivity index (χ0) is 16.8. The molecule has 2 aliphatic heterocycles. The third kappa shape index (κ3) is 2.15. The van der Waals surface area contributed by atoms with Gasteiger partial charge >= 0.3 is 0 Å². The molecule has 2 aromatic rings. The molecule has 0 saturated carbocycles. The second-order valence-electron chi connectivity index (χ2n) is 6.08. The minimum Gasteiger partial charge on any atom is -0.275 e. The van der Waals surface area contributed by atoms with E-state index in [4.69, 9.17) is 0 Å². The van der Waals surface area contributed by atoms with Gasteiger partial charge in [0.05, 0.1) is 11.4 Å². The number of amides is 2. The van der Waals surface area contributed by atoms with E-state index in [2.05, 4.69) is 0 Å². The van der Waals surface area contributed by atoms with E-state index >= 15 is 0 Å². The Hall–Kier alpha value is -3.14. The van der Waals surface area contributed by atoms with Crippen molar-refractivity contribution >= 4 is 23.2 Å². The maximum absolute atomic E-state index is 12.5. The molecule has 24 heavy (non-hydrogen) atoms. The summed E-state index contributed by atoms with van der Waals surface area (Å²) in [6, 6.07) is 15.4. The molecule has 0 aliphatic carbocycles. The highest BCUT2D eigenvalue weighted by atomic mass is 16.2. The molecule has 2 heterocycles. The van der Waals surface area contributed by atoms with Crippen LogP contribution in [0.15, 0.2) is 72.1 Å². The van der Waals surface area contributed by atoms with Crippen LogP contribution in [0.4, 0.5) is 11.4 Å². The smallest absolute Gasteiger partial charge is 0.257 e. The summed E-state index contributed by atoms with van der Waals surface area (Å²) in [5, 5.41) is 0. The van der Waals surface area contributed by atoms with Gasteiger partial charge in [-0.1, -0.05) is 35.4 Å². The van der Waals surface area contributed by atoms with Crippen LogP contribution in [-0.4, -0.2) is 11.8 Å². The highest BCUT2D eigenvalue weighted by molar-refractivity contribution is 6.19. The summed E-state index contributed by atoms with van der Waals surface area (Å²) in [5.41, 5.74) is 5.04. The van der Waals surface area contributed by atoms with E-state index in [0.29, 0.717) is 11.4 Å². The van der Waals surface area contributed by atoms with Gasteiger partial charge < -0.3 is 0 Å². The third-order valence-electron chi connectivity index (χ3n) is 4.29. The number of nitrogens with zero attached hydrogens (tertiary/aromatic N) is 2. The predicted octanol–water partition coefficient (Wildman–Crippen LogP) is 3.46. The van der Waals surface area contributed by atoms with Crippen molar-refractivity contribution in [3.63, 3.8) is 0 Å². The molecule has 0 saturated heterocycles. The molecule has 2 amide bonds. The Morgan fingerprint density at radius 2 is 0.917 bits per heavy atom. The number of carbonyl (C=O) groups excluding carboxylic acids is 2. The molecule has 4 heteroatoms. The second kappa shape index (κ2) is 5.20. The number of rotatable bonds is 2. The standard InChI is InChI=1S/C20H16N2O2/c1-13-3-7-15(8-4-13)21-17-11-20(24)22(18(17)12-19(21)23)16-9-5-14(2)6-10-16/h3-12H,1-2H3. The van der Waals surface area contributed by atoms with Crippen LogP contribution in [0.3, 0.4) is 0 Å². The average molecular weight is 316 g/mol. The van der Waals surface area contributed by atoms with Crippen LogP contribution in [0, 0.1) is 13.8 Å². The van der Waals surface area contributed by atoms with Crippen molar-refractivity contribution in [3.8, 4) is 0 Å². The topological polar surface area (TPSA) is 40.6 Å². The highest BCUT2D eigenvalue weighted by Crippen LogP contribution is 2.38. The minimum absolute atomic E-state index is 0.135. The lowest BCUT2D eigenvalue weighted by Crippen LogP contribution is -2.24. The van der Waals surface area contributed by atoms with Gasteiger partial charge in [0.2, 0.25) is 0 Å². The van der Waals surface area contributed by atoms with E-state index in [-0.39, 0.29) is 11.8 Å². The number of carbonyl (C=O) groups is 2. The average Bonchev–Trinajstić information content (AvgIpc) is 3.02. The second-order valence-corrected chi connectivity index (χ2v) is 6.08. The van der Waals surface area contributed by atoms with E-state index in [1.807, 2.05) is 62.4 Å². The Balaban J connectivity index is 1.73. The molecular formula is C20H16N2O2. The number of hydrogen-bond donors (Lipinski definition) is 0. The first kappa shape index (κ1) is 14.5. The Kier molecular flexibility index (Phi) is 3.13. The highest BCUT2D eigenvalue weighted by Gasteiger charge is 2.39. The van der Waals surface area contributed by atoms with E-state index in [9.17, 15) is 9.59 Å².